The topological polar surface area (TPSA) is 35.2 Å². The zero-order valence-electron chi connectivity index (χ0n) is 12.0. The Morgan fingerprint density at radius 1 is 1.19 bits per heavy atom. The van der Waals surface area contributed by atoms with Gasteiger partial charge < -0.3 is 10.5 Å². The first-order valence-electron chi connectivity index (χ1n) is 6.94. The number of halogens is 4. The summed E-state index contributed by atoms with van der Waals surface area (Å²) < 4.78 is 43.2. The molecule has 0 spiro atoms. The molecule has 0 amide bonds. The van der Waals surface area contributed by atoms with Gasteiger partial charge in [-0.2, -0.15) is 13.2 Å². The summed E-state index contributed by atoms with van der Waals surface area (Å²) in [5.74, 6) is 0.562. The first kappa shape index (κ1) is 18.1. The van der Waals surface area contributed by atoms with E-state index < -0.39 is 11.7 Å². The van der Waals surface area contributed by atoms with Gasteiger partial charge in [-0.3, -0.25) is 0 Å². The number of hydrogen-bond donors (Lipinski definition) is 1. The largest absolute Gasteiger partial charge is 0.496 e. The third-order valence-electron chi connectivity index (χ3n) is 4.08. The van der Waals surface area contributed by atoms with Gasteiger partial charge in [0.25, 0.3) is 0 Å². The Balaban J connectivity index is 0.00000220. The summed E-state index contributed by atoms with van der Waals surface area (Å²) in [5.41, 5.74) is 6.22. The van der Waals surface area contributed by atoms with E-state index in [-0.39, 0.29) is 24.2 Å². The minimum atomic E-state index is -4.36. The van der Waals surface area contributed by atoms with E-state index in [0.29, 0.717) is 11.5 Å². The number of nitrogens with two attached hydrogens (primary N) is 1. The average Bonchev–Trinajstić information content (AvgIpc) is 2.45. The molecule has 0 radical (unpaired) electrons. The molecule has 0 heterocycles. The molecule has 0 aromatic heterocycles. The molecular formula is C15H21ClF3NO. The van der Waals surface area contributed by atoms with Crippen LogP contribution in [-0.4, -0.2) is 7.11 Å². The molecule has 1 aliphatic carbocycles. The van der Waals surface area contributed by atoms with Gasteiger partial charge >= 0.3 is 6.18 Å². The van der Waals surface area contributed by atoms with Crippen LogP contribution in [0.1, 0.15) is 49.3 Å². The molecule has 2 rings (SSSR count). The van der Waals surface area contributed by atoms with Gasteiger partial charge in [-0.15, -0.1) is 12.4 Å². The van der Waals surface area contributed by atoms with Crippen molar-refractivity contribution in [3.05, 3.63) is 29.3 Å². The van der Waals surface area contributed by atoms with Crippen LogP contribution >= 0.6 is 12.4 Å². The summed E-state index contributed by atoms with van der Waals surface area (Å²) in [7, 11) is 1.38. The maximum absolute atomic E-state index is 12.7. The van der Waals surface area contributed by atoms with E-state index in [1.165, 1.54) is 19.6 Å². The summed E-state index contributed by atoms with van der Waals surface area (Å²) in [5, 5.41) is 0. The lowest BCUT2D eigenvalue weighted by atomic mass is 9.81. The van der Waals surface area contributed by atoms with Gasteiger partial charge in [0.05, 0.1) is 12.7 Å². The Labute approximate surface area is 129 Å². The van der Waals surface area contributed by atoms with Crippen LogP contribution in [0.15, 0.2) is 18.2 Å². The molecular weight excluding hydrogens is 303 g/mol. The maximum Gasteiger partial charge on any atom is 0.416 e. The van der Waals surface area contributed by atoms with Gasteiger partial charge in [-0.05, 0) is 30.9 Å². The molecule has 0 unspecified atom stereocenters. The molecule has 6 heteroatoms. The zero-order valence-corrected chi connectivity index (χ0v) is 12.8. The number of alkyl halides is 3. The Hall–Kier alpha value is -0.940. The van der Waals surface area contributed by atoms with Crippen LogP contribution in [-0.2, 0) is 6.18 Å². The summed E-state index contributed by atoms with van der Waals surface area (Å²) in [6.07, 6.45) is 1.20. The fourth-order valence-electron chi connectivity index (χ4n) is 2.91. The van der Waals surface area contributed by atoms with Crippen molar-refractivity contribution in [1.82, 2.24) is 0 Å². The monoisotopic (exact) mass is 323 g/mol. The molecule has 0 bridgehead atoms. The van der Waals surface area contributed by atoms with Crippen molar-refractivity contribution in [3.8, 4) is 5.75 Å². The lowest BCUT2D eigenvalue weighted by Crippen LogP contribution is -2.24. The minimum Gasteiger partial charge on any atom is -0.496 e. The molecule has 1 aromatic rings. The van der Waals surface area contributed by atoms with Crippen molar-refractivity contribution in [2.75, 3.05) is 7.11 Å². The zero-order chi connectivity index (χ0) is 14.8. The average molecular weight is 324 g/mol. The number of ether oxygens (including phenoxy) is 1. The Morgan fingerprint density at radius 2 is 1.81 bits per heavy atom. The van der Waals surface area contributed by atoms with Gasteiger partial charge in [0, 0.05) is 11.6 Å². The second-order valence-corrected chi connectivity index (χ2v) is 5.38. The van der Waals surface area contributed by atoms with Crippen LogP contribution < -0.4 is 10.5 Å². The van der Waals surface area contributed by atoms with Gasteiger partial charge in [0.2, 0.25) is 0 Å². The van der Waals surface area contributed by atoms with Crippen LogP contribution in [0.5, 0.6) is 5.75 Å². The molecule has 0 aliphatic heterocycles. The van der Waals surface area contributed by atoms with Gasteiger partial charge in [-0.25, -0.2) is 0 Å². The predicted octanol–water partition coefficient (Wildman–Crippen LogP) is 4.72. The molecule has 1 aromatic carbocycles. The maximum atomic E-state index is 12.7. The van der Waals surface area contributed by atoms with E-state index in [9.17, 15) is 13.2 Å². The van der Waals surface area contributed by atoms with Gasteiger partial charge in [0.15, 0.2) is 0 Å². The number of rotatable bonds is 3. The molecule has 0 saturated heterocycles. The Morgan fingerprint density at radius 3 is 2.33 bits per heavy atom. The molecule has 120 valence electrons. The normalized spacial score (nSPS) is 18.0. The lowest BCUT2D eigenvalue weighted by molar-refractivity contribution is -0.137. The second-order valence-electron chi connectivity index (χ2n) is 5.38. The van der Waals surface area contributed by atoms with Crippen LogP contribution in [0.25, 0.3) is 0 Å². The highest BCUT2D eigenvalue weighted by Gasteiger charge is 2.32. The van der Waals surface area contributed by atoms with E-state index in [2.05, 4.69) is 0 Å². The molecule has 1 aliphatic rings. The summed E-state index contributed by atoms with van der Waals surface area (Å²) in [6, 6.07) is 3.33. The molecule has 21 heavy (non-hydrogen) atoms. The SMILES string of the molecule is COc1cc(C(F)(F)F)ccc1[C@@H](N)C1CCCCC1.Cl. The van der Waals surface area contributed by atoms with Crippen molar-refractivity contribution in [3.63, 3.8) is 0 Å². The van der Waals surface area contributed by atoms with E-state index in [0.717, 1.165) is 37.8 Å². The van der Waals surface area contributed by atoms with Crippen molar-refractivity contribution in [2.45, 2.75) is 44.3 Å². The predicted molar refractivity (Wildman–Crippen MR) is 78.7 cm³/mol. The Bertz CT molecular complexity index is 459. The molecule has 1 fully saturated rings. The fraction of sp³-hybridized carbons (Fsp3) is 0.600. The smallest absolute Gasteiger partial charge is 0.416 e. The highest BCUT2D eigenvalue weighted by Crippen LogP contribution is 2.39. The molecule has 2 N–H and O–H groups in total. The highest BCUT2D eigenvalue weighted by molar-refractivity contribution is 5.85. The van der Waals surface area contributed by atoms with E-state index >= 15 is 0 Å². The van der Waals surface area contributed by atoms with Crippen molar-refractivity contribution < 1.29 is 17.9 Å². The first-order valence-corrected chi connectivity index (χ1v) is 6.94. The van der Waals surface area contributed by atoms with Crippen molar-refractivity contribution >= 4 is 12.4 Å². The lowest BCUT2D eigenvalue weighted by Gasteiger charge is -2.29. The highest BCUT2D eigenvalue weighted by atomic mass is 35.5. The third kappa shape index (κ3) is 4.27. The number of methoxy groups -OCH3 is 1. The summed E-state index contributed by atoms with van der Waals surface area (Å²) >= 11 is 0. The molecule has 2 nitrogen and oxygen atoms in total. The van der Waals surface area contributed by atoms with Crippen molar-refractivity contribution in [2.24, 2.45) is 11.7 Å². The Kier molecular flexibility index (Phi) is 6.35. The van der Waals surface area contributed by atoms with E-state index in [1.807, 2.05) is 0 Å². The number of benzene rings is 1. The van der Waals surface area contributed by atoms with Crippen LogP contribution in [0.4, 0.5) is 13.2 Å². The minimum absolute atomic E-state index is 0. The standard InChI is InChI=1S/C15H20F3NO.ClH/c1-20-13-9-11(15(16,17)18)7-8-12(13)14(19)10-5-3-2-4-6-10;/h7-10,14H,2-6,19H2,1H3;1H/t14-;/m0./s1. The van der Waals surface area contributed by atoms with Crippen LogP contribution in [0.3, 0.4) is 0 Å². The summed E-state index contributed by atoms with van der Waals surface area (Å²) in [4.78, 5) is 0. The van der Waals surface area contributed by atoms with Crippen LogP contribution in [0.2, 0.25) is 0 Å². The fourth-order valence-corrected chi connectivity index (χ4v) is 2.91. The van der Waals surface area contributed by atoms with Crippen LogP contribution in [0, 0.1) is 5.92 Å². The van der Waals surface area contributed by atoms with Crippen molar-refractivity contribution in [1.29, 1.82) is 0 Å². The van der Waals surface area contributed by atoms with E-state index in [1.54, 1.807) is 0 Å². The van der Waals surface area contributed by atoms with Gasteiger partial charge in [0.1, 0.15) is 5.75 Å². The quantitative estimate of drug-likeness (QED) is 0.873. The van der Waals surface area contributed by atoms with E-state index in [4.69, 9.17) is 10.5 Å². The molecule has 1 atom stereocenters. The molecule has 1 saturated carbocycles. The first-order chi connectivity index (χ1) is 9.43. The third-order valence-corrected chi connectivity index (χ3v) is 4.08. The second kappa shape index (κ2) is 7.36. The summed E-state index contributed by atoms with van der Waals surface area (Å²) in [6.45, 7) is 0. The van der Waals surface area contributed by atoms with Gasteiger partial charge in [-0.1, -0.05) is 25.3 Å². The number of hydrogen-bond acceptors (Lipinski definition) is 2.